The Balaban J connectivity index is 0. The van der Waals surface area contributed by atoms with Gasteiger partial charge in [0, 0.05) is 12.6 Å². The maximum atomic E-state index is 4.04. The van der Waals surface area contributed by atoms with Gasteiger partial charge in [0.1, 0.15) is 0 Å². The van der Waals surface area contributed by atoms with Gasteiger partial charge >= 0.3 is 0 Å². The number of aliphatic imine (C=N–C) groups is 2. The third-order valence-electron chi connectivity index (χ3n) is 1.84. The molecule has 78 valence electrons. The minimum absolute atomic E-state index is 0. The van der Waals surface area contributed by atoms with Crippen LogP contribution in [-0.4, -0.2) is 44.1 Å². The van der Waals surface area contributed by atoms with E-state index in [1.165, 1.54) is 0 Å². The fourth-order valence-electron chi connectivity index (χ4n) is 0.680. The van der Waals surface area contributed by atoms with Crippen LogP contribution in [0.2, 0.25) is 0 Å². The number of halogens is 1. The summed E-state index contributed by atoms with van der Waals surface area (Å²) in [6.45, 7) is 5.76. The van der Waals surface area contributed by atoms with Gasteiger partial charge in [-0.05, 0) is 34.4 Å². The van der Waals surface area contributed by atoms with Crippen LogP contribution in [0.4, 0.5) is 0 Å². The lowest BCUT2D eigenvalue weighted by Crippen LogP contribution is -2.25. The van der Waals surface area contributed by atoms with Crippen LogP contribution in [0, 0.1) is 0 Å². The highest BCUT2D eigenvalue weighted by Crippen LogP contribution is 1.96. The second-order valence-corrected chi connectivity index (χ2v) is 3.06. The van der Waals surface area contributed by atoms with Crippen LogP contribution < -0.4 is 0 Å². The van der Waals surface area contributed by atoms with Gasteiger partial charge in [0.2, 0.25) is 0 Å². The molecule has 3 nitrogen and oxygen atoms in total. The first-order valence-electron chi connectivity index (χ1n) is 4.43. The van der Waals surface area contributed by atoms with Crippen molar-refractivity contribution in [1.82, 2.24) is 4.90 Å². The maximum absolute atomic E-state index is 4.04. The SMILES string of the molecule is CCN=C=NCCC(C)N(C)C.Cl. The van der Waals surface area contributed by atoms with Gasteiger partial charge in [-0.25, -0.2) is 9.98 Å². The van der Waals surface area contributed by atoms with E-state index < -0.39 is 0 Å². The second-order valence-electron chi connectivity index (χ2n) is 3.06. The Hall–Kier alpha value is -0.370. The van der Waals surface area contributed by atoms with Crippen LogP contribution in [0.15, 0.2) is 9.98 Å². The molecule has 0 aromatic heterocycles. The van der Waals surface area contributed by atoms with Crippen LogP contribution in [-0.2, 0) is 0 Å². The highest BCUT2D eigenvalue weighted by molar-refractivity contribution is 5.85. The lowest BCUT2D eigenvalue weighted by atomic mass is 10.2. The molecule has 0 aromatic carbocycles. The first-order valence-corrected chi connectivity index (χ1v) is 4.43. The van der Waals surface area contributed by atoms with E-state index in [2.05, 4.69) is 41.9 Å². The zero-order chi connectivity index (χ0) is 9.40. The van der Waals surface area contributed by atoms with E-state index in [0.717, 1.165) is 19.5 Å². The van der Waals surface area contributed by atoms with Crippen molar-refractivity contribution in [2.75, 3.05) is 27.2 Å². The average Bonchev–Trinajstić information content (AvgIpc) is 2.03. The summed E-state index contributed by atoms with van der Waals surface area (Å²) < 4.78 is 0. The third kappa shape index (κ3) is 9.54. The molecular formula is C9H20ClN3. The van der Waals surface area contributed by atoms with Gasteiger partial charge in [0.05, 0.1) is 12.6 Å². The maximum Gasteiger partial charge on any atom is 0.0892 e. The van der Waals surface area contributed by atoms with E-state index in [4.69, 9.17) is 0 Å². The van der Waals surface area contributed by atoms with Crippen molar-refractivity contribution in [2.45, 2.75) is 26.3 Å². The summed E-state index contributed by atoms with van der Waals surface area (Å²) in [7, 11) is 4.16. The number of nitrogens with zero attached hydrogens (tertiary/aromatic N) is 3. The van der Waals surface area contributed by atoms with Gasteiger partial charge in [-0.2, -0.15) is 0 Å². The molecule has 0 amide bonds. The number of hydrogen-bond donors (Lipinski definition) is 0. The van der Waals surface area contributed by atoms with Crippen LogP contribution in [0.25, 0.3) is 0 Å². The van der Waals surface area contributed by atoms with E-state index in [9.17, 15) is 0 Å². The Morgan fingerprint density at radius 1 is 1.31 bits per heavy atom. The summed E-state index contributed by atoms with van der Waals surface area (Å²) in [5.74, 6) is 0. The van der Waals surface area contributed by atoms with Crippen LogP contribution in [0.3, 0.4) is 0 Å². The summed E-state index contributed by atoms with van der Waals surface area (Å²) >= 11 is 0. The third-order valence-corrected chi connectivity index (χ3v) is 1.84. The van der Waals surface area contributed by atoms with Crippen molar-refractivity contribution >= 4 is 18.4 Å². The van der Waals surface area contributed by atoms with E-state index in [1.54, 1.807) is 0 Å². The van der Waals surface area contributed by atoms with Crippen molar-refractivity contribution in [3.8, 4) is 0 Å². The molecule has 0 heterocycles. The van der Waals surface area contributed by atoms with Gasteiger partial charge in [-0.3, -0.25) is 0 Å². The topological polar surface area (TPSA) is 28.0 Å². The molecule has 13 heavy (non-hydrogen) atoms. The molecule has 0 spiro atoms. The molecule has 0 aromatic rings. The first kappa shape index (κ1) is 15.1. The second kappa shape index (κ2) is 9.72. The molecule has 0 rings (SSSR count). The Bertz CT molecular complexity index is 162. The minimum atomic E-state index is 0. The van der Waals surface area contributed by atoms with Crippen molar-refractivity contribution in [3.63, 3.8) is 0 Å². The summed E-state index contributed by atoms with van der Waals surface area (Å²) in [6, 6.07) is 3.24. The first-order chi connectivity index (χ1) is 5.68. The van der Waals surface area contributed by atoms with Gasteiger partial charge in [0.15, 0.2) is 0 Å². The average molecular weight is 206 g/mol. The lowest BCUT2D eigenvalue weighted by molar-refractivity contribution is 0.302. The molecule has 0 bridgehead atoms. The fourth-order valence-corrected chi connectivity index (χ4v) is 0.680. The summed E-state index contributed by atoms with van der Waals surface area (Å²) in [5, 5.41) is 0. The molecule has 0 fully saturated rings. The molecular weight excluding hydrogens is 186 g/mol. The van der Waals surface area contributed by atoms with E-state index in [-0.39, 0.29) is 12.4 Å². The fraction of sp³-hybridized carbons (Fsp3) is 0.889. The van der Waals surface area contributed by atoms with Crippen molar-refractivity contribution in [1.29, 1.82) is 0 Å². The molecule has 0 aliphatic heterocycles. The summed E-state index contributed by atoms with van der Waals surface area (Å²) in [4.78, 5) is 10.1. The smallest absolute Gasteiger partial charge is 0.0892 e. The van der Waals surface area contributed by atoms with Gasteiger partial charge in [0.25, 0.3) is 0 Å². The molecule has 1 unspecified atom stereocenters. The quantitative estimate of drug-likeness (QED) is 0.631. The predicted molar refractivity (Wildman–Crippen MR) is 60.3 cm³/mol. The Kier molecular flexibility index (Phi) is 11.3. The van der Waals surface area contributed by atoms with Crippen LogP contribution >= 0.6 is 12.4 Å². The zero-order valence-electron chi connectivity index (χ0n) is 8.95. The molecule has 0 aliphatic rings. The number of rotatable bonds is 5. The van der Waals surface area contributed by atoms with Gasteiger partial charge < -0.3 is 4.90 Å². The summed E-state index contributed by atoms with van der Waals surface area (Å²) in [6.07, 6.45) is 1.07. The molecule has 0 saturated heterocycles. The Morgan fingerprint density at radius 3 is 2.38 bits per heavy atom. The van der Waals surface area contributed by atoms with Crippen LogP contribution in [0.5, 0.6) is 0 Å². The molecule has 0 N–H and O–H groups in total. The lowest BCUT2D eigenvalue weighted by Gasteiger charge is -2.17. The van der Waals surface area contributed by atoms with Crippen LogP contribution in [0.1, 0.15) is 20.3 Å². The van der Waals surface area contributed by atoms with Gasteiger partial charge in [-0.1, -0.05) is 0 Å². The van der Waals surface area contributed by atoms with Gasteiger partial charge in [-0.15, -0.1) is 12.4 Å². The van der Waals surface area contributed by atoms with Crippen molar-refractivity contribution in [3.05, 3.63) is 0 Å². The Morgan fingerprint density at radius 2 is 1.92 bits per heavy atom. The van der Waals surface area contributed by atoms with Crippen molar-refractivity contribution < 1.29 is 0 Å². The van der Waals surface area contributed by atoms with E-state index >= 15 is 0 Å². The largest absolute Gasteiger partial charge is 0.307 e. The summed E-state index contributed by atoms with van der Waals surface area (Å²) in [5.41, 5.74) is 0. The highest BCUT2D eigenvalue weighted by Gasteiger charge is 2.01. The zero-order valence-corrected chi connectivity index (χ0v) is 9.77. The molecule has 0 aliphatic carbocycles. The molecule has 0 saturated carbocycles. The predicted octanol–water partition coefficient (Wildman–Crippen LogP) is 1.94. The molecule has 0 radical (unpaired) electrons. The molecule has 1 atom stereocenters. The number of hydrogen-bond acceptors (Lipinski definition) is 3. The van der Waals surface area contributed by atoms with E-state index in [1.807, 2.05) is 6.92 Å². The van der Waals surface area contributed by atoms with Crippen molar-refractivity contribution in [2.24, 2.45) is 9.98 Å². The molecule has 4 heteroatoms. The Labute approximate surface area is 87.4 Å². The highest BCUT2D eigenvalue weighted by atomic mass is 35.5. The minimum Gasteiger partial charge on any atom is -0.307 e. The standard InChI is InChI=1S/C9H19N3.ClH/c1-5-10-8-11-7-6-9(2)12(3)4;/h9H,5-7H2,1-4H3;1H. The monoisotopic (exact) mass is 205 g/mol. The normalized spacial score (nSPS) is 11.5. The van der Waals surface area contributed by atoms with E-state index in [0.29, 0.717) is 6.04 Å².